The molecule has 2 aromatic rings. The van der Waals surface area contributed by atoms with E-state index in [0.717, 1.165) is 0 Å². The molecule has 2 rings (SSSR count). The lowest BCUT2D eigenvalue weighted by Crippen LogP contribution is -2.28. The Morgan fingerprint density at radius 1 is 1.24 bits per heavy atom. The van der Waals surface area contributed by atoms with Gasteiger partial charge in [0.1, 0.15) is 17.4 Å². The molecule has 6 nitrogen and oxygen atoms in total. The lowest BCUT2D eigenvalue weighted by molar-refractivity contribution is 0.0692. The first kappa shape index (κ1) is 14.5. The topological polar surface area (TPSA) is 91.6 Å². The SMILES string of the molecule is O=C(NCc1ccco1)Nc1cc(C(=O)O)c(F)cc1F. The average molecular weight is 296 g/mol. The molecule has 8 heteroatoms. The number of rotatable bonds is 4. The molecule has 110 valence electrons. The zero-order chi connectivity index (χ0) is 15.4. The van der Waals surface area contributed by atoms with Crippen LogP contribution >= 0.6 is 0 Å². The number of carboxylic acids is 1. The van der Waals surface area contributed by atoms with Gasteiger partial charge in [-0.3, -0.25) is 0 Å². The van der Waals surface area contributed by atoms with Gasteiger partial charge < -0.3 is 20.2 Å². The highest BCUT2D eigenvalue weighted by atomic mass is 19.1. The number of carbonyl (C=O) groups excluding carboxylic acids is 1. The number of aromatic carboxylic acids is 1. The molecule has 0 atom stereocenters. The summed E-state index contributed by atoms with van der Waals surface area (Å²) in [6.45, 7) is 0.0629. The van der Waals surface area contributed by atoms with E-state index in [9.17, 15) is 18.4 Å². The van der Waals surface area contributed by atoms with E-state index in [4.69, 9.17) is 9.52 Å². The average Bonchev–Trinajstić information content (AvgIpc) is 2.92. The van der Waals surface area contributed by atoms with Gasteiger partial charge in [-0.2, -0.15) is 0 Å². The molecule has 0 aliphatic carbocycles. The van der Waals surface area contributed by atoms with Crippen molar-refractivity contribution in [3.05, 3.63) is 53.5 Å². The first-order valence-electron chi connectivity index (χ1n) is 5.77. The summed E-state index contributed by atoms with van der Waals surface area (Å²) in [7, 11) is 0. The van der Waals surface area contributed by atoms with Gasteiger partial charge in [0.15, 0.2) is 0 Å². The Morgan fingerprint density at radius 3 is 2.62 bits per heavy atom. The van der Waals surface area contributed by atoms with Crippen molar-refractivity contribution in [2.75, 3.05) is 5.32 Å². The predicted octanol–water partition coefficient (Wildman–Crippen LogP) is 2.58. The maximum atomic E-state index is 13.5. The quantitative estimate of drug-likeness (QED) is 0.808. The number of benzene rings is 1. The molecule has 0 radical (unpaired) electrons. The Bertz CT molecular complexity index is 671. The third-order valence-corrected chi connectivity index (χ3v) is 2.54. The van der Waals surface area contributed by atoms with Crippen LogP contribution in [0.3, 0.4) is 0 Å². The van der Waals surface area contributed by atoms with Crippen molar-refractivity contribution in [2.45, 2.75) is 6.54 Å². The second-order valence-corrected chi connectivity index (χ2v) is 4.00. The van der Waals surface area contributed by atoms with Gasteiger partial charge in [0.2, 0.25) is 0 Å². The van der Waals surface area contributed by atoms with Crippen LogP contribution in [0.5, 0.6) is 0 Å². The van der Waals surface area contributed by atoms with Gasteiger partial charge in [0.25, 0.3) is 0 Å². The van der Waals surface area contributed by atoms with Gasteiger partial charge in [-0.15, -0.1) is 0 Å². The van der Waals surface area contributed by atoms with Crippen LogP contribution in [-0.2, 0) is 6.54 Å². The van der Waals surface area contributed by atoms with E-state index in [-0.39, 0.29) is 6.54 Å². The molecule has 0 fully saturated rings. The van der Waals surface area contributed by atoms with E-state index in [1.807, 2.05) is 0 Å². The van der Waals surface area contributed by atoms with Gasteiger partial charge >= 0.3 is 12.0 Å². The summed E-state index contributed by atoms with van der Waals surface area (Å²) < 4.78 is 31.6. The van der Waals surface area contributed by atoms with Crippen molar-refractivity contribution in [3.63, 3.8) is 0 Å². The monoisotopic (exact) mass is 296 g/mol. The molecule has 0 unspecified atom stereocenters. The number of carboxylic acid groups (broad SMARTS) is 1. The van der Waals surface area contributed by atoms with Crippen molar-refractivity contribution in [3.8, 4) is 0 Å². The van der Waals surface area contributed by atoms with Crippen molar-refractivity contribution < 1.29 is 27.9 Å². The molecule has 21 heavy (non-hydrogen) atoms. The Labute approximate surface area is 117 Å². The summed E-state index contributed by atoms with van der Waals surface area (Å²) in [4.78, 5) is 22.3. The number of amides is 2. The van der Waals surface area contributed by atoms with Gasteiger partial charge in [-0.1, -0.05) is 0 Å². The number of urea groups is 1. The van der Waals surface area contributed by atoms with Crippen LogP contribution in [0.15, 0.2) is 34.9 Å². The third-order valence-electron chi connectivity index (χ3n) is 2.54. The van der Waals surface area contributed by atoms with Gasteiger partial charge in [0.05, 0.1) is 24.1 Å². The van der Waals surface area contributed by atoms with Crippen LogP contribution in [-0.4, -0.2) is 17.1 Å². The largest absolute Gasteiger partial charge is 0.478 e. The highest BCUT2D eigenvalue weighted by Gasteiger charge is 2.16. The number of anilines is 1. The number of furan rings is 1. The van der Waals surface area contributed by atoms with E-state index in [1.54, 1.807) is 12.1 Å². The molecular formula is C13H10F2N2O4. The summed E-state index contributed by atoms with van der Waals surface area (Å²) in [6.07, 6.45) is 1.42. The van der Waals surface area contributed by atoms with E-state index in [2.05, 4.69) is 10.6 Å². The molecule has 0 aliphatic heterocycles. The Morgan fingerprint density at radius 2 is 2.00 bits per heavy atom. The lowest BCUT2D eigenvalue weighted by Gasteiger charge is -2.09. The summed E-state index contributed by atoms with van der Waals surface area (Å²) in [5, 5.41) is 13.2. The smallest absolute Gasteiger partial charge is 0.338 e. The predicted molar refractivity (Wildman–Crippen MR) is 67.9 cm³/mol. The van der Waals surface area contributed by atoms with Gasteiger partial charge in [0, 0.05) is 6.07 Å². The number of hydrogen-bond acceptors (Lipinski definition) is 3. The molecular weight excluding hydrogens is 286 g/mol. The Balaban J connectivity index is 2.06. The van der Waals surface area contributed by atoms with Gasteiger partial charge in [-0.05, 0) is 18.2 Å². The molecule has 2 amide bonds. The Kier molecular flexibility index (Phi) is 4.17. The van der Waals surface area contributed by atoms with Crippen LogP contribution in [0.1, 0.15) is 16.1 Å². The summed E-state index contributed by atoms with van der Waals surface area (Å²) in [6, 6.07) is 3.58. The van der Waals surface area contributed by atoms with Crippen LogP contribution in [0, 0.1) is 11.6 Å². The molecule has 0 aliphatic rings. The molecule has 1 aromatic heterocycles. The maximum Gasteiger partial charge on any atom is 0.338 e. The molecule has 0 saturated carbocycles. The van der Waals surface area contributed by atoms with E-state index < -0.39 is 34.9 Å². The number of carbonyl (C=O) groups is 2. The van der Waals surface area contributed by atoms with Gasteiger partial charge in [-0.25, -0.2) is 18.4 Å². The fraction of sp³-hybridized carbons (Fsp3) is 0.0769. The van der Waals surface area contributed by atoms with Crippen LogP contribution in [0.2, 0.25) is 0 Å². The van der Waals surface area contributed by atoms with Crippen molar-refractivity contribution >= 4 is 17.7 Å². The highest BCUT2D eigenvalue weighted by Crippen LogP contribution is 2.19. The fourth-order valence-electron chi connectivity index (χ4n) is 1.56. The standard InChI is InChI=1S/C13H10F2N2O4/c14-9-5-10(15)11(4-8(9)12(18)19)17-13(20)16-6-7-2-1-3-21-7/h1-5H,6H2,(H,18,19)(H2,16,17,20). The number of nitrogens with one attached hydrogen (secondary N) is 2. The van der Waals surface area contributed by atoms with Crippen LogP contribution in [0.4, 0.5) is 19.3 Å². The minimum atomic E-state index is -1.56. The summed E-state index contributed by atoms with van der Waals surface area (Å²) >= 11 is 0. The normalized spacial score (nSPS) is 10.2. The zero-order valence-electron chi connectivity index (χ0n) is 10.5. The van der Waals surface area contributed by atoms with E-state index >= 15 is 0 Å². The van der Waals surface area contributed by atoms with E-state index in [1.165, 1.54) is 6.26 Å². The van der Waals surface area contributed by atoms with Crippen molar-refractivity contribution in [1.29, 1.82) is 0 Å². The molecule has 0 saturated heterocycles. The first-order valence-corrected chi connectivity index (χ1v) is 5.77. The number of halogens is 2. The van der Waals surface area contributed by atoms with Crippen molar-refractivity contribution in [1.82, 2.24) is 5.32 Å². The molecule has 3 N–H and O–H groups in total. The zero-order valence-corrected chi connectivity index (χ0v) is 10.5. The second-order valence-electron chi connectivity index (χ2n) is 4.00. The number of hydrogen-bond donors (Lipinski definition) is 3. The fourth-order valence-corrected chi connectivity index (χ4v) is 1.56. The summed E-state index contributed by atoms with van der Waals surface area (Å²) in [5.41, 5.74) is -1.18. The third kappa shape index (κ3) is 3.56. The lowest BCUT2D eigenvalue weighted by atomic mass is 10.2. The molecule has 1 heterocycles. The minimum Gasteiger partial charge on any atom is -0.478 e. The second kappa shape index (κ2) is 6.04. The van der Waals surface area contributed by atoms with Crippen molar-refractivity contribution in [2.24, 2.45) is 0 Å². The van der Waals surface area contributed by atoms with Crippen LogP contribution in [0.25, 0.3) is 0 Å². The Hall–Kier alpha value is -2.90. The van der Waals surface area contributed by atoms with E-state index in [0.29, 0.717) is 17.9 Å². The molecule has 0 bridgehead atoms. The molecule has 0 spiro atoms. The maximum absolute atomic E-state index is 13.5. The molecule has 1 aromatic carbocycles. The van der Waals surface area contributed by atoms with Crippen LogP contribution < -0.4 is 10.6 Å². The summed E-state index contributed by atoms with van der Waals surface area (Å²) in [5.74, 6) is -3.38. The minimum absolute atomic E-state index is 0.0629. The first-order chi connectivity index (χ1) is 9.97. The highest BCUT2D eigenvalue weighted by molar-refractivity contribution is 5.93.